The van der Waals surface area contributed by atoms with Crippen molar-refractivity contribution in [3.8, 4) is 77.9 Å². The molecule has 0 saturated carbocycles. The molecule has 0 heterocycles. The average Bonchev–Trinajstić information content (AvgIpc) is 3.84. The zero-order valence-corrected chi connectivity index (χ0v) is 29.0. The van der Waals surface area contributed by atoms with Crippen LogP contribution in [0.3, 0.4) is 0 Å². The Labute approximate surface area is 309 Å². The molecule has 0 aliphatic heterocycles. The van der Waals surface area contributed by atoms with Gasteiger partial charge in [-0.25, -0.2) is 0 Å². The lowest BCUT2D eigenvalue weighted by molar-refractivity contribution is 0.795. The van der Waals surface area contributed by atoms with Crippen molar-refractivity contribution in [2.75, 3.05) is 0 Å². The van der Waals surface area contributed by atoms with Gasteiger partial charge in [0.1, 0.15) is 0 Å². The molecule has 0 saturated heterocycles. The Morgan fingerprint density at radius 2 is 0.755 bits per heavy atom. The smallest absolute Gasteiger partial charge is 0.0622 e. The van der Waals surface area contributed by atoms with Gasteiger partial charge in [0.15, 0.2) is 0 Å². The van der Waals surface area contributed by atoms with E-state index in [4.69, 9.17) is 0 Å². The summed E-state index contributed by atoms with van der Waals surface area (Å²) in [5.41, 5.74) is 23.1. The molecule has 1 atom stereocenters. The highest BCUT2D eigenvalue weighted by Crippen LogP contribution is 2.66. The number of rotatable bonds is 3. The fraction of sp³-hybridized carbons (Fsp3) is 0.0189. The largest absolute Gasteiger partial charge is 0.0726 e. The summed E-state index contributed by atoms with van der Waals surface area (Å²) < 4.78 is 0. The minimum absolute atomic E-state index is 0.453. The summed E-state index contributed by atoms with van der Waals surface area (Å²) in [6.07, 6.45) is 0. The molecule has 1 unspecified atom stereocenters. The van der Waals surface area contributed by atoms with Gasteiger partial charge in [-0.15, -0.1) is 0 Å². The third-order valence-corrected chi connectivity index (χ3v) is 12.2. The molecule has 0 N–H and O–H groups in total. The van der Waals surface area contributed by atoms with Crippen LogP contribution in [0.15, 0.2) is 194 Å². The van der Waals surface area contributed by atoms with Gasteiger partial charge in [-0.1, -0.05) is 164 Å². The number of hydrogen-bond acceptors (Lipinski definition) is 0. The van der Waals surface area contributed by atoms with Crippen LogP contribution in [0.4, 0.5) is 0 Å². The maximum absolute atomic E-state index is 2.56. The summed E-state index contributed by atoms with van der Waals surface area (Å²) in [6, 6.07) is 72.7. The third kappa shape index (κ3) is 3.80. The average molecular weight is 669 g/mol. The Morgan fingerprint density at radius 1 is 0.245 bits per heavy atom. The molecule has 0 heteroatoms. The molecular formula is C53H32. The number of benzene rings is 9. The van der Waals surface area contributed by atoms with Crippen LogP contribution in [0, 0.1) is 0 Å². The lowest BCUT2D eigenvalue weighted by Gasteiger charge is -2.31. The van der Waals surface area contributed by atoms with Gasteiger partial charge < -0.3 is 0 Å². The summed E-state index contributed by atoms with van der Waals surface area (Å²) in [5.74, 6) is 0. The molecular weight excluding hydrogens is 637 g/mol. The van der Waals surface area contributed by atoms with Crippen LogP contribution in [-0.2, 0) is 5.41 Å². The van der Waals surface area contributed by atoms with Crippen molar-refractivity contribution in [2.24, 2.45) is 0 Å². The van der Waals surface area contributed by atoms with Gasteiger partial charge in [0.05, 0.1) is 5.41 Å². The normalized spacial score (nSPS) is 15.2. The standard InChI is InChI=1S/C53H32/c1-3-14-33(15-4-1)36-28-37(34-16-5-2-6-17-34)30-38(29-36)35-26-27-42-41-20-9-11-24-47(41)53(49(42)31-35)48-25-12-10-21-44(48)52-45-23-13-22-43-39-18-7-8-19-40(39)46(51(43)45)32-50(52)53/h1-32H. The molecule has 9 aromatic rings. The van der Waals surface area contributed by atoms with E-state index in [9.17, 15) is 0 Å². The molecule has 53 heavy (non-hydrogen) atoms. The molecule has 9 aromatic carbocycles. The van der Waals surface area contributed by atoms with Gasteiger partial charge in [-0.3, -0.25) is 0 Å². The van der Waals surface area contributed by atoms with Crippen molar-refractivity contribution in [3.63, 3.8) is 0 Å². The van der Waals surface area contributed by atoms with Crippen molar-refractivity contribution >= 4 is 10.8 Å². The summed E-state index contributed by atoms with van der Waals surface area (Å²) in [4.78, 5) is 0. The first-order valence-corrected chi connectivity index (χ1v) is 18.6. The summed E-state index contributed by atoms with van der Waals surface area (Å²) in [7, 11) is 0. The second-order valence-electron chi connectivity index (χ2n) is 14.8. The molecule has 0 amide bonds. The van der Waals surface area contributed by atoms with E-state index in [2.05, 4.69) is 194 Å². The molecule has 0 nitrogen and oxygen atoms in total. The molecule has 0 aromatic heterocycles. The minimum atomic E-state index is -0.453. The number of fused-ring (bicyclic) bond motifs is 14. The molecule has 12 rings (SSSR count). The lowest BCUT2D eigenvalue weighted by Crippen LogP contribution is -2.26. The predicted octanol–water partition coefficient (Wildman–Crippen LogP) is 13.8. The molecule has 0 radical (unpaired) electrons. The molecule has 3 aliphatic rings. The van der Waals surface area contributed by atoms with E-state index in [0.717, 1.165) is 0 Å². The predicted molar refractivity (Wildman–Crippen MR) is 221 cm³/mol. The Kier molecular flexibility index (Phi) is 5.80. The van der Waals surface area contributed by atoms with E-state index in [1.165, 1.54) is 111 Å². The van der Waals surface area contributed by atoms with E-state index in [-0.39, 0.29) is 0 Å². The van der Waals surface area contributed by atoms with Crippen LogP contribution in [0.1, 0.15) is 22.3 Å². The highest BCUT2D eigenvalue weighted by Gasteiger charge is 2.52. The fourth-order valence-electron chi connectivity index (χ4n) is 10.1. The van der Waals surface area contributed by atoms with Crippen LogP contribution >= 0.6 is 0 Å². The van der Waals surface area contributed by atoms with Crippen LogP contribution in [0.25, 0.3) is 88.7 Å². The fourth-order valence-corrected chi connectivity index (χ4v) is 10.1. The van der Waals surface area contributed by atoms with E-state index in [1.54, 1.807) is 0 Å². The van der Waals surface area contributed by atoms with Gasteiger partial charge in [0.25, 0.3) is 0 Å². The first-order valence-electron chi connectivity index (χ1n) is 18.6. The highest BCUT2D eigenvalue weighted by atomic mass is 14.5. The molecule has 3 aliphatic carbocycles. The van der Waals surface area contributed by atoms with Crippen LogP contribution in [0.2, 0.25) is 0 Å². The van der Waals surface area contributed by atoms with Gasteiger partial charge in [-0.05, 0) is 141 Å². The maximum atomic E-state index is 2.56. The maximum Gasteiger partial charge on any atom is 0.0726 e. The van der Waals surface area contributed by atoms with E-state index in [1.807, 2.05) is 0 Å². The molecule has 0 bridgehead atoms. The molecule has 0 fully saturated rings. The van der Waals surface area contributed by atoms with Gasteiger partial charge in [-0.2, -0.15) is 0 Å². The summed E-state index contributed by atoms with van der Waals surface area (Å²) in [6.45, 7) is 0. The van der Waals surface area contributed by atoms with Crippen molar-refractivity contribution < 1.29 is 0 Å². The second-order valence-corrected chi connectivity index (χ2v) is 14.8. The van der Waals surface area contributed by atoms with Crippen LogP contribution < -0.4 is 0 Å². The van der Waals surface area contributed by atoms with Gasteiger partial charge in [0.2, 0.25) is 0 Å². The lowest BCUT2D eigenvalue weighted by atomic mass is 9.69. The Morgan fingerprint density at radius 3 is 1.43 bits per heavy atom. The van der Waals surface area contributed by atoms with Crippen molar-refractivity contribution in [1.29, 1.82) is 0 Å². The summed E-state index contributed by atoms with van der Waals surface area (Å²) in [5, 5.41) is 2.73. The van der Waals surface area contributed by atoms with Crippen molar-refractivity contribution in [2.45, 2.75) is 5.41 Å². The third-order valence-electron chi connectivity index (χ3n) is 12.2. The Hall–Kier alpha value is -6.76. The Balaban J connectivity index is 1.17. The van der Waals surface area contributed by atoms with E-state index >= 15 is 0 Å². The zero-order chi connectivity index (χ0) is 34.7. The van der Waals surface area contributed by atoms with Crippen molar-refractivity contribution in [1.82, 2.24) is 0 Å². The van der Waals surface area contributed by atoms with Crippen LogP contribution in [0.5, 0.6) is 0 Å². The van der Waals surface area contributed by atoms with Gasteiger partial charge in [0, 0.05) is 0 Å². The second kappa shape index (κ2) is 10.6. The summed E-state index contributed by atoms with van der Waals surface area (Å²) >= 11 is 0. The molecule has 244 valence electrons. The topological polar surface area (TPSA) is 0 Å². The van der Waals surface area contributed by atoms with Gasteiger partial charge >= 0.3 is 0 Å². The molecule has 1 spiro atoms. The minimum Gasteiger partial charge on any atom is -0.0622 e. The SMILES string of the molecule is c1ccc(-c2cc(-c3ccccc3)cc(-c3ccc4c(c3)C3(c5ccccc5-4)c4ccccc4-c4c3cc3c5c(cccc45)-c4ccccc4-3)c2)cc1. The van der Waals surface area contributed by atoms with Crippen LogP contribution in [-0.4, -0.2) is 0 Å². The first kappa shape index (κ1) is 28.9. The Bertz CT molecular complexity index is 2930. The van der Waals surface area contributed by atoms with E-state index in [0.29, 0.717) is 0 Å². The number of hydrogen-bond donors (Lipinski definition) is 0. The van der Waals surface area contributed by atoms with Crippen molar-refractivity contribution in [3.05, 3.63) is 216 Å². The highest BCUT2D eigenvalue weighted by molar-refractivity contribution is 6.21. The first-order chi connectivity index (χ1) is 26.3. The van der Waals surface area contributed by atoms with E-state index < -0.39 is 5.41 Å². The quantitative estimate of drug-likeness (QED) is 0.176. The zero-order valence-electron chi connectivity index (χ0n) is 29.0. The monoisotopic (exact) mass is 668 g/mol.